The van der Waals surface area contributed by atoms with Crippen molar-refractivity contribution in [1.29, 1.82) is 0 Å². The average molecular weight is 176 g/mol. The predicted molar refractivity (Wildman–Crippen MR) is 53.2 cm³/mol. The monoisotopic (exact) mass is 176 g/mol. The maximum atomic E-state index is 9.27. The molecular formula is C8H19NOP+. The van der Waals surface area contributed by atoms with Crippen LogP contribution in [0.5, 0.6) is 0 Å². The van der Waals surface area contributed by atoms with Gasteiger partial charge in [-0.2, -0.15) is 4.89 Å². The van der Waals surface area contributed by atoms with Crippen LogP contribution in [-0.2, 0) is 0 Å². The van der Waals surface area contributed by atoms with Crippen LogP contribution in [0.4, 0.5) is 0 Å². The summed E-state index contributed by atoms with van der Waals surface area (Å²) in [7, 11) is -1.12. The fourth-order valence-electron chi connectivity index (χ4n) is 0.662. The van der Waals surface area contributed by atoms with Crippen molar-refractivity contribution in [1.82, 2.24) is 5.32 Å². The molecule has 0 fully saturated rings. The Bertz CT molecular complexity index is 134. The lowest BCUT2D eigenvalue weighted by Crippen LogP contribution is -2.36. The third-order valence-electron chi connectivity index (χ3n) is 1.73. The van der Waals surface area contributed by atoms with Gasteiger partial charge >= 0.3 is 0 Å². The Labute approximate surface area is 70.5 Å². The minimum atomic E-state index is -1.12. The van der Waals surface area contributed by atoms with E-state index >= 15 is 0 Å². The summed E-state index contributed by atoms with van der Waals surface area (Å²) >= 11 is 0. The molecule has 0 aliphatic heterocycles. The molecule has 0 saturated heterocycles. The number of unbranched alkanes of at least 4 members (excludes halogenated alkanes) is 1. The zero-order chi connectivity index (χ0) is 8.91. The van der Waals surface area contributed by atoms with Gasteiger partial charge in [0.15, 0.2) is 0 Å². The zero-order valence-electron chi connectivity index (χ0n) is 7.72. The van der Waals surface area contributed by atoms with Gasteiger partial charge in [-0.1, -0.05) is 13.3 Å². The largest absolute Gasteiger partial charge is 0.272 e. The second-order valence-corrected chi connectivity index (χ2v) is 5.16. The molecule has 0 bridgehead atoms. The van der Waals surface area contributed by atoms with Crippen LogP contribution in [0.25, 0.3) is 0 Å². The number of hydrogen-bond donors (Lipinski definition) is 2. The number of hydrogen-bond acceptors (Lipinski definition) is 2. The molecule has 3 heteroatoms. The van der Waals surface area contributed by atoms with E-state index in [0.29, 0.717) is 0 Å². The molecule has 0 spiro atoms. The molecule has 0 heterocycles. The molecule has 0 amide bonds. The van der Waals surface area contributed by atoms with E-state index < -0.39 is 7.77 Å². The average Bonchev–Trinajstić information content (AvgIpc) is 1.88. The smallest absolute Gasteiger partial charge is 0.265 e. The van der Waals surface area contributed by atoms with Crippen molar-refractivity contribution in [3.8, 4) is 0 Å². The van der Waals surface area contributed by atoms with Gasteiger partial charge in [0.25, 0.3) is 7.77 Å². The van der Waals surface area contributed by atoms with E-state index in [4.69, 9.17) is 0 Å². The Morgan fingerprint density at radius 2 is 2.09 bits per heavy atom. The highest BCUT2D eigenvalue weighted by molar-refractivity contribution is 7.51. The number of nitrogens with one attached hydrogen (secondary N) is 1. The maximum absolute atomic E-state index is 9.27. The van der Waals surface area contributed by atoms with Crippen molar-refractivity contribution in [2.45, 2.75) is 38.9 Å². The predicted octanol–water partition coefficient (Wildman–Crippen LogP) is 1.93. The van der Waals surface area contributed by atoms with Crippen LogP contribution in [0.2, 0.25) is 0 Å². The molecule has 0 aliphatic carbocycles. The minimum absolute atomic E-state index is 0.190. The first-order valence-electron chi connectivity index (χ1n) is 4.05. The van der Waals surface area contributed by atoms with Crippen molar-refractivity contribution in [2.75, 3.05) is 6.54 Å². The maximum Gasteiger partial charge on any atom is 0.265 e. The zero-order valence-corrected chi connectivity index (χ0v) is 8.62. The minimum Gasteiger partial charge on any atom is -0.272 e. The van der Waals surface area contributed by atoms with Crippen molar-refractivity contribution >= 4 is 14.1 Å². The van der Waals surface area contributed by atoms with Gasteiger partial charge in [0.05, 0.1) is 0 Å². The molecule has 1 unspecified atom stereocenters. The molecule has 66 valence electrons. The van der Waals surface area contributed by atoms with Gasteiger partial charge in [0.2, 0.25) is 5.28 Å². The van der Waals surface area contributed by atoms with Crippen molar-refractivity contribution < 1.29 is 4.89 Å². The van der Waals surface area contributed by atoms with Gasteiger partial charge in [0.1, 0.15) is 6.30 Å². The van der Waals surface area contributed by atoms with Crippen molar-refractivity contribution in [3.05, 3.63) is 0 Å². The van der Waals surface area contributed by atoms with Gasteiger partial charge in [0, 0.05) is 0 Å². The first kappa shape index (κ1) is 11.1. The second kappa shape index (κ2) is 4.87. The summed E-state index contributed by atoms with van der Waals surface area (Å²) in [5.41, 5.74) is 0. The van der Waals surface area contributed by atoms with Crippen LogP contribution in [0.3, 0.4) is 0 Å². The molecule has 0 radical (unpaired) electrons. The Kier molecular flexibility index (Phi) is 4.91. The van der Waals surface area contributed by atoms with E-state index in [-0.39, 0.29) is 5.28 Å². The molecule has 0 aromatic heterocycles. The van der Waals surface area contributed by atoms with E-state index in [9.17, 15) is 4.89 Å². The molecule has 2 nitrogen and oxygen atoms in total. The summed E-state index contributed by atoms with van der Waals surface area (Å²) in [6.45, 7) is 7.10. The highest BCUT2D eigenvalue weighted by Gasteiger charge is 2.30. The first-order valence-corrected chi connectivity index (χ1v) is 5.53. The summed E-state index contributed by atoms with van der Waals surface area (Å²) in [6, 6.07) is 0. The molecule has 0 aliphatic rings. The van der Waals surface area contributed by atoms with E-state index in [2.05, 4.69) is 18.5 Å². The van der Waals surface area contributed by atoms with Gasteiger partial charge in [-0.25, -0.2) is 0 Å². The lowest BCUT2D eigenvalue weighted by atomic mass is 10.3. The summed E-state index contributed by atoms with van der Waals surface area (Å²) < 4.78 is 0. The third-order valence-corrected chi connectivity index (χ3v) is 3.18. The van der Waals surface area contributed by atoms with E-state index in [1.165, 1.54) is 6.42 Å². The fourth-order valence-corrected chi connectivity index (χ4v) is 0.957. The summed E-state index contributed by atoms with van der Waals surface area (Å²) in [4.78, 5) is 9.27. The summed E-state index contributed by atoms with van der Waals surface area (Å²) in [5, 5.41) is 3.09. The highest BCUT2D eigenvalue weighted by atomic mass is 31.1. The molecular weight excluding hydrogens is 157 g/mol. The van der Waals surface area contributed by atoms with Crippen LogP contribution >= 0.6 is 7.77 Å². The van der Waals surface area contributed by atoms with Crippen molar-refractivity contribution in [2.24, 2.45) is 0 Å². The molecule has 11 heavy (non-hydrogen) atoms. The summed E-state index contributed by atoms with van der Waals surface area (Å²) in [6.07, 6.45) is 5.99. The van der Waals surface area contributed by atoms with E-state index in [1.54, 1.807) is 0 Å². The Hall–Kier alpha value is 0.0900. The molecule has 0 rings (SSSR count). The van der Waals surface area contributed by atoms with Crippen molar-refractivity contribution in [3.63, 3.8) is 0 Å². The van der Waals surface area contributed by atoms with E-state index in [1.807, 2.05) is 13.8 Å². The Morgan fingerprint density at radius 1 is 1.55 bits per heavy atom. The molecule has 2 N–H and O–H groups in total. The Balaban J connectivity index is 3.64. The Morgan fingerprint density at radius 3 is 2.45 bits per heavy atom. The van der Waals surface area contributed by atoms with Crippen LogP contribution < -0.4 is 5.32 Å². The van der Waals surface area contributed by atoms with Gasteiger partial charge in [-0.05, 0) is 26.8 Å². The topological polar surface area (TPSA) is 32.3 Å². The highest BCUT2D eigenvalue weighted by Crippen LogP contribution is 2.30. The molecule has 0 saturated carbocycles. The lowest BCUT2D eigenvalue weighted by molar-refractivity contribution is 0.484. The standard InChI is InChI=1S/C8H19NOP/c1-5-6-7-9-8(2,3)11(4)10/h9-10H,4-7H2,1-3H3/q+1. The van der Waals surface area contributed by atoms with Gasteiger partial charge < -0.3 is 0 Å². The van der Waals surface area contributed by atoms with Crippen LogP contribution in [0.15, 0.2) is 0 Å². The first-order chi connectivity index (χ1) is 5.00. The molecule has 0 aromatic carbocycles. The summed E-state index contributed by atoms with van der Waals surface area (Å²) in [5.74, 6) is 0. The van der Waals surface area contributed by atoms with E-state index in [0.717, 1.165) is 13.0 Å². The second-order valence-electron chi connectivity index (χ2n) is 3.24. The molecule has 1 atom stereocenters. The SMILES string of the molecule is C=[P+](O)C(C)(C)NCCCC. The van der Waals surface area contributed by atoms with Gasteiger partial charge in [-0.3, -0.25) is 5.32 Å². The lowest BCUT2D eigenvalue weighted by Gasteiger charge is -2.15. The van der Waals surface area contributed by atoms with Crippen LogP contribution in [-0.4, -0.2) is 23.0 Å². The normalized spacial score (nSPS) is 13.3. The van der Waals surface area contributed by atoms with Crippen LogP contribution in [0.1, 0.15) is 33.6 Å². The third kappa shape index (κ3) is 4.52. The quantitative estimate of drug-likeness (QED) is 0.495. The fraction of sp³-hybridized carbons (Fsp3) is 0.875. The molecule has 0 aromatic rings. The van der Waals surface area contributed by atoms with Gasteiger partial charge in [-0.15, -0.1) is 0 Å². The number of rotatable bonds is 5. The van der Waals surface area contributed by atoms with Crippen LogP contribution in [0, 0.1) is 0 Å².